The van der Waals surface area contributed by atoms with E-state index in [1.54, 1.807) is 36.4 Å². The van der Waals surface area contributed by atoms with Gasteiger partial charge in [-0.05, 0) is 84.6 Å². The molecule has 378 valence electrons. The predicted octanol–water partition coefficient (Wildman–Crippen LogP) is 16.4. The average molecular weight is 974 g/mol. The first-order chi connectivity index (χ1) is 34.6. The summed E-state index contributed by atoms with van der Waals surface area (Å²) in [5, 5.41) is 12.2. The summed E-state index contributed by atoms with van der Waals surface area (Å²) in [4.78, 5) is 46.2. The number of hydrogen-bond acceptors (Lipinski definition) is 10. The zero-order valence-electron chi connectivity index (χ0n) is 41.4. The fourth-order valence-corrected chi connectivity index (χ4v) is 7.79. The lowest BCUT2D eigenvalue weighted by Crippen LogP contribution is -2.12. The number of nitro benzene ring substituents is 1. The third kappa shape index (κ3) is 19.9. The van der Waals surface area contributed by atoms with E-state index in [1.165, 1.54) is 182 Å². The zero-order chi connectivity index (χ0) is 50.5. The van der Waals surface area contributed by atoms with E-state index in [0.29, 0.717) is 35.8 Å². The largest absolute Gasteiger partial charge is 0.493 e. The van der Waals surface area contributed by atoms with Crippen molar-refractivity contribution in [3.05, 3.63) is 147 Å². The molecule has 0 radical (unpaired) electrons. The number of rotatable bonds is 33. The van der Waals surface area contributed by atoms with Crippen LogP contribution >= 0.6 is 0 Å². The van der Waals surface area contributed by atoms with Gasteiger partial charge in [0.15, 0.2) is 11.6 Å². The molecular weight excluding hydrogens is 905 g/mol. The van der Waals surface area contributed by atoms with E-state index < -0.39 is 45.7 Å². The Hall–Kier alpha value is -6.76. The van der Waals surface area contributed by atoms with Crippen LogP contribution in [-0.4, -0.2) is 42.5 Å². The van der Waals surface area contributed by atoms with Crippen LogP contribution in [-0.2, 0) is 0 Å². The van der Waals surface area contributed by atoms with Gasteiger partial charge in [-0.15, -0.1) is 0 Å². The second-order valence-electron chi connectivity index (χ2n) is 17.7. The van der Waals surface area contributed by atoms with Crippen LogP contribution in [0.25, 0.3) is 0 Å². The maximum absolute atomic E-state index is 14.9. The highest BCUT2D eigenvalue weighted by Crippen LogP contribution is 2.37. The second kappa shape index (κ2) is 31.5. The van der Waals surface area contributed by atoms with Gasteiger partial charge in [0.2, 0.25) is 11.5 Å². The third-order valence-corrected chi connectivity index (χ3v) is 11.9. The summed E-state index contributed by atoms with van der Waals surface area (Å²) < 4.78 is 52.1. The Bertz CT molecular complexity index is 2310. The maximum atomic E-state index is 14.9. The number of ether oxygens (including phenoxy) is 4. The van der Waals surface area contributed by atoms with Crippen LogP contribution in [0.3, 0.4) is 0 Å². The zero-order valence-corrected chi connectivity index (χ0v) is 41.4. The van der Waals surface area contributed by atoms with Crippen molar-refractivity contribution in [3.63, 3.8) is 0 Å². The molecule has 0 spiro atoms. The van der Waals surface area contributed by atoms with E-state index in [1.807, 2.05) is 0 Å². The van der Waals surface area contributed by atoms with Crippen LogP contribution in [0.1, 0.15) is 174 Å². The summed E-state index contributed by atoms with van der Waals surface area (Å²) in [6.07, 6.45) is 27.3. The van der Waals surface area contributed by atoms with Crippen molar-refractivity contribution in [2.45, 2.75) is 142 Å². The fourth-order valence-electron chi connectivity index (χ4n) is 7.79. The molecule has 0 heterocycles. The van der Waals surface area contributed by atoms with Crippen LogP contribution in [0.5, 0.6) is 23.0 Å². The lowest BCUT2D eigenvalue weighted by atomic mass is 10.1. The summed E-state index contributed by atoms with van der Waals surface area (Å²) in [7, 11) is 0. The highest BCUT2D eigenvalue weighted by Gasteiger charge is 2.27. The smallest absolute Gasteiger partial charge is 0.353 e. The molecule has 0 unspecified atom stereocenters. The Morgan fingerprint density at radius 3 is 1.20 bits per heavy atom. The Balaban J connectivity index is 1.06. The summed E-state index contributed by atoms with van der Waals surface area (Å²) in [6, 6.07) is 24.9. The SMILES string of the molecule is CCCCCCCCCCCCOc1ccc(N=Cc2ccc(C(=O)Oc3cccc(OC(=O)c4ccc(C=Nc5ccc(OCCCCCCCCCCCC)cc5F)cc4)c3[N+](=O)[O-])cc2)c(F)c1. The van der Waals surface area contributed by atoms with Crippen LogP contribution < -0.4 is 18.9 Å². The van der Waals surface area contributed by atoms with Gasteiger partial charge in [-0.3, -0.25) is 20.1 Å². The molecule has 11 nitrogen and oxygen atoms in total. The molecule has 0 fully saturated rings. The average Bonchev–Trinajstić information content (AvgIpc) is 3.37. The van der Waals surface area contributed by atoms with Crippen molar-refractivity contribution < 1.29 is 42.2 Å². The number of para-hydroxylation sites is 1. The van der Waals surface area contributed by atoms with Gasteiger partial charge in [0, 0.05) is 24.6 Å². The van der Waals surface area contributed by atoms with E-state index in [0.717, 1.165) is 25.7 Å². The lowest BCUT2D eigenvalue weighted by Gasteiger charge is -2.09. The summed E-state index contributed by atoms with van der Waals surface area (Å²) >= 11 is 0. The van der Waals surface area contributed by atoms with Crippen molar-refractivity contribution in [2.75, 3.05) is 13.2 Å². The number of halogens is 2. The summed E-state index contributed by atoms with van der Waals surface area (Å²) in [5.74, 6) is -2.87. The molecule has 0 aliphatic carbocycles. The standard InChI is InChI=1S/C58H69F2N3O8/c1-3-5-7-9-11-13-15-17-19-21-38-68-48-34-36-52(50(59)40-48)61-42-44-26-30-46(31-27-44)57(64)70-54-24-23-25-55(56(54)63(66)67)71-58(65)47-32-28-45(29-33-47)43-62-53-37-35-49(41-51(53)60)69-39-22-20-18-16-14-12-10-8-6-4-2/h23-37,40-43H,3-22,38-39H2,1-2H3. The number of benzene rings is 5. The van der Waals surface area contributed by atoms with Crippen molar-refractivity contribution in [1.82, 2.24) is 0 Å². The van der Waals surface area contributed by atoms with Gasteiger partial charge in [0.1, 0.15) is 11.5 Å². The van der Waals surface area contributed by atoms with Crippen LogP contribution in [0.4, 0.5) is 25.8 Å². The van der Waals surface area contributed by atoms with Gasteiger partial charge in [0.05, 0.1) is 40.6 Å². The number of unbranched alkanes of at least 4 members (excludes halogenated alkanes) is 18. The Labute approximate surface area is 417 Å². The summed E-state index contributed by atoms with van der Waals surface area (Å²) in [6.45, 7) is 5.49. The number of carbonyl (C=O) groups excluding carboxylic acids is 2. The topological polar surface area (TPSA) is 139 Å². The molecule has 5 aromatic rings. The minimum Gasteiger partial charge on any atom is -0.493 e. The Morgan fingerprint density at radius 1 is 0.507 bits per heavy atom. The Morgan fingerprint density at radius 2 is 0.859 bits per heavy atom. The maximum Gasteiger partial charge on any atom is 0.353 e. The highest BCUT2D eigenvalue weighted by atomic mass is 19.1. The van der Waals surface area contributed by atoms with Gasteiger partial charge < -0.3 is 18.9 Å². The Kier molecular flexibility index (Phi) is 24.4. The molecule has 5 rings (SSSR count). The number of esters is 2. The number of carbonyl (C=O) groups is 2. The van der Waals surface area contributed by atoms with Crippen LogP contribution in [0.2, 0.25) is 0 Å². The van der Waals surface area contributed by atoms with Crippen molar-refractivity contribution in [1.29, 1.82) is 0 Å². The minimum atomic E-state index is -0.902. The third-order valence-electron chi connectivity index (χ3n) is 11.9. The number of nitro groups is 1. The van der Waals surface area contributed by atoms with Gasteiger partial charge in [-0.1, -0.05) is 160 Å². The highest BCUT2D eigenvalue weighted by molar-refractivity contribution is 5.94. The quantitative estimate of drug-likeness (QED) is 0.0101. The van der Waals surface area contributed by atoms with E-state index in [9.17, 15) is 28.5 Å². The first-order valence-corrected chi connectivity index (χ1v) is 25.5. The summed E-state index contributed by atoms with van der Waals surface area (Å²) in [5.41, 5.74) is 0.761. The molecule has 0 N–H and O–H groups in total. The normalized spacial score (nSPS) is 11.3. The molecule has 71 heavy (non-hydrogen) atoms. The molecule has 5 aromatic carbocycles. The molecule has 0 aromatic heterocycles. The minimum absolute atomic E-state index is 0.0705. The molecule has 0 bridgehead atoms. The van der Waals surface area contributed by atoms with Gasteiger partial charge in [-0.2, -0.15) is 0 Å². The predicted molar refractivity (Wildman–Crippen MR) is 278 cm³/mol. The van der Waals surface area contributed by atoms with E-state index in [-0.39, 0.29) is 22.5 Å². The molecule has 0 atom stereocenters. The van der Waals surface area contributed by atoms with E-state index in [4.69, 9.17) is 18.9 Å². The van der Waals surface area contributed by atoms with Gasteiger partial charge in [-0.25, -0.2) is 18.4 Å². The molecule has 0 saturated carbocycles. The monoisotopic (exact) mass is 974 g/mol. The molecule has 0 aliphatic rings. The second-order valence-corrected chi connectivity index (χ2v) is 17.7. The molecular formula is C58H69F2N3O8. The van der Waals surface area contributed by atoms with Crippen LogP contribution in [0.15, 0.2) is 113 Å². The van der Waals surface area contributed by atoms with Crippen molar-refractivity contribution in [3.8, 4) is 23.0 Å². The van der Waals surface area contributed by atoms with E-state index in [2.05, 4.69) is 23.8 Å². The van der Waals surface area contributed by atoms with Crippen molar-refractivity contribution in [2.24, 2.45) is 9.98 Å². The van der Waals surface area contributed by atoms with Gasteiger partial charge >= 0.3 is 17.6 Å². The molecule has 0 saturated heterocycles. The lowest BCUT2D eigenvalue weighted by molar-refractivity contribution is -0.386. The number of nitrogens with zero attached hydrogens (tertiary/aromatic N) is 3. The molecule has 0 aliphatic heterocycles. The van der Waals surface area contributed by atoms with Gasteiger partial charge in [0.25, 0.3) is 0 Å². The first-order valence-electron chi connectivity index (χ1n) is 25.5. The number of hydrogen-bond donors (Lipinski definition) is 0. The van der Waals surface area contributed by atoms with Crippen LogP contribution in [0, 0.1) is 21.7 Å². The fraction of sp³-hybridized carbons (Fsp3) is 0.414. The molecule has 0 amide bonds. The van der Waals surface area contributed by atoms with E-state index >= 15 is 0 Å². The van der Waals surface area contributed by atoms with Crippen molar-refractivity contribution >= 4 is 41.4 Å². The molecule has 13 heteroatoms. The first kappa shape index (κ1) is 55.2. The number of aliphatic imine (C=N–C) groups is 2.